The first-order chi connectivity index (χ1) is 21.0. The zero-order chi connectivity index (χ0) is 29.3. The van der Waals surface area contributed by atoms with Crippen molar-refractivity contribution in [3.8, 4) is 56.5 Å². The molecule has 43 heavy (non-hydrogen) atoms. The highest BCUT2D eigenvalue weighted by molar-refractivity contribution is 5.82. The van der Waals surface area contributed by atoms with Crippen LogP contribution in [0, 0.1) is 0 Å². The van der Waals surface area contributed by atoms with E-state index in [9.17, 15) is 4.79 Å². The van der Waals surface area contributed by atoms with E-state index in [1.165, 1.54) is 0 Å². The SMILES string of the molecule is CC(C)Oc1ccc(-c2ccc(-c3cc(-c4ccc5nccnc5c4)n(-c4cccc(-c5noc(=O)[nH]5)c4)n3)cc2)cc1. The fourth-order valence-corrected chi connectivity index (χ4v) is 5.02. The fourth-order valence-electron chi connectivity index (χ4n) is 5.02. The Morgan fingerprint density at radius 2 is 1.44 bits per heavy atom. The minimum atomic E-state index is -0.608. The molecule has 3 heterocycles. The maximum Gasteiger partial charge on any atom is 0.439 e. The fraction of sp³-hybridized carbons (Fsp3) is 0.0882. The molecule has 0 aliphatic carbocycles. The number of aromatic nitrogens is 6. The summed E-state index contributed by atoms with van der Waals surface area (Å²) in [5.41, 5.74) is 8.89. The van der Waals surface area contributed by atoms with Crippen molar-refractivity contribution in [3.63, 3.8) is 0 Å². The molecule has 0 atom stereocenters. The van der Waals surface area contributed by atoms with Gasteiger partial charge in [0.1, 0.15) is 5.75 Å². The van der Waals surface area contributed by atoms with Crippen LogP contribution < -0.4 is 10.5 Å². The van der Waals surface area contributed by atoms with Gasteiger partial charge < -0.3 is 4.74 Å². The average Bonchev–Trinajstić information content (AvgIpc) is 3.68. The Balaban J connectivity index is 1.29. The predicted molar refractivity (Wildman–Crippen MR) is 165 cm³/mol. The molecule has 0 saturated heterocycles. The summed E-state index contributed by atoms with van der Waals surface area (Å²) in [4.78, 5) is 23.1. The van der Waals surface area contributed by atoms with E-state index in [1.807, 2.05) is 73.1 Å². The van der Waals surface area contributed by atoms with E-state index in [2.05, 4.69) is 62.6 Å². The summed E-state index contributed by atoms with van der Waals surface area (Å²) in [6.45, 7) is 4.03. The Kier molecular flexibility index (Phi) is 6.59. The molecule has 9 nitrogen and oxygen atoms in total. The summed E-state index contributed by atoms with van der Waals surface area (Å²) in [6.07, 6.45) is 3.50. The van der Waals surface area contributed by atoms with Crippen LogP contribution in [0.1, 0.15) is 13.8 Å². The molecule has 0 aliphatic heterocycles. The number of hydrogen-bond acceptors (Lipinski definition) is 7. The lowest BCUT2D eigenvalue weighted by atomic mass is 10.0. The van der Waals surface area contributed by atoms with Crippen molar-refractivity contribution >= 4 is 11.0 Å². The largest absolute Gasteiger partial charge is 0.491 e. The third kappa shape index (κ3) is 5.31. The van der Waals surface area contributed by atoms with E-state index >= 15 is 0 Å². The van der Waals surface area contributed by atoms with Crippen LogP contribution in [0.3, 0.4) is 0 Å². The zero-order valence-electron chi connectivity index (χ0n) is 23.4. The number of aromatic amines is 1. The van der Waals surface area contributed by atoms with Crippen LogP contribution in [0.15, 0.2) is 119 Å². The van der Waals surface area contributed by atoms with Crippen molar-refractivity contribution in [3.05, 3.63) is 120 Å². The van der Waals surface area contributed by atoms with Gasteiger partial charge in [-0.15, -0.1) is 0 Å². The van der Waals surface area contributed by atoms with Gasteiger partial charge in [0.25, 0.3) is 0 Å². The number of fused-ring (bicyclic) bond motifs is 1. The predicted octanol–water partition coefficient (Wildman–Crippen LogP) is 6.95. The number of H-pyrrole nitrogens is 1. The van der Waals surface area contributed by atoms with Crippen molar-refractivity contribution in [2.75, 3.05) is 0 Å². The van der Waals surface area contributed by atoms with Gasteiger partial charge >= 0.3 is 5.76 Å². The molecule has 0 unspecified atom stereocenters. The van der Waals surface area contributed by atoms with Crippen molar-refractivity contribution in [1.82, 2.24) is 29.9 Å². The van der Waals surface area contributed by atoms with E-state index < -0.39 is 5.76 Å². The minimum absolute atomic E-state index is 0.131. The van der Waals surface area contributed by atoms with Gasteiger partial charge in [-0.1, -0.05) is 59.8 Å². The molecule has 0 fully saturated rings. The lowest BCUT2D eigenvalue weighted by molar-refractivity contribution is 0.242. The lowest BCUT2D eigenvalue weighted by Gasteiger charge is -2.10. The quantitative estimate of drug-likeness (QED) is 0.222. The van der Waals surface area contributed by atoms with Gasteiger partial charge in [-0.25, -0.2) is 9.48 Å². The topological polar surface area (TPSA) is 112 Å². The first-order valence-electron chi connectivity index (χ1n) is 13.9. The van der Waals surface area contributed by atoms with Gasteiger partial charge in [0, 0.05) is 29.1 Å². The van der Waals surface area contributed by atoms with Crippen LogP contribution in [0.2, 0.25) is 0 Å². The third-order valence-corrected chi connectivity index (χ3v) is 7.02. The molecule has 0 spiro atoms. The minimum Gasteiger partial charge on any atom is -0.491 e. The molecule has 1 N–H and O–H groups in total. The maximum atomic E-state index is 11.6. The highest BCUT2D eigenvalue weighted by Gasteiger charge is 2.16. The first kappa shape index (κ1) is 26.1. The second-order valence-corrected chi connectivity index (χ2v) is 10.3. The van der Waals surface area contributed by atoms with Gasteiger partial charge in [-0.05, 0) is 67.4 Å². The van der Waals surface area contributed by atoms with Crippen LogP contribution >= 0.6 is 0 Å². The Hall–Kier alpha value is -5.83. The monoisotopic (exact) mass is 566 g/mol. The summed E-state index contributed by atoms with van der Waals surface area (Å²) in [5, 5.41) is 8.88. The molecule has 4 aromatic carbocycles. The molecule has 0 aliphatic rings. The summed E-state index contributed by atoms with van der Waals surface area (Å²) < 4.78 is 12.4. The van der Waals surface area contributed by atoms with E-state index in [-0.39, 0.29) is 6.10 Å². The molecular weight excluding hydrogens is 540 g/mol. The zero-order valence-corrected chi connectivity index (χ0v) is 23.4. The van der Waals surface area contributed by atoms with E-state index in [4.69, 9.17) is 14.4 Å². The molecule has 7 aromatic rings. The molecule has 9 heteroatoms. The lowest BCUT2D eigenvalue weighted by Crippen LogP contribution is -2.05. The van der Waals surface area contributed by atoms with Gasteiger partial charge in [-0.3, -0.25) is 19.5 Å². The van der Waals surface area contributed by atoms with Crippen molar-refractivity contribution in [2.24, 2.45) is 0 Å². The molecular formula is C34H26N6O3. The number of benzene rings is 4. The summed E-state index contributed by atoms with van der Waals surface area (Å²) >= 11 is 0. The van der Waals surface area contributed by atoms with Gasteiger partial charge in [0.2, 0.25) is 0 Å². The number of ether oxygens (including phenoxy) is 1. The summed E-state index contributed by atoms with van der Waals surface area (Å²) in [6, 6.07) is 32.1. The number of rotatable bonds is 7. The van der Waals surface area contributed by atoms with Crippen molar-refractivity contribution < 1.29 is 9.26 Å². The number of nitrogens with zero attached hydrogens (tertiary/aromatic N) is 5. The van der Waals surface area contributed by atoms with E-state index in [0.717, 1.165) is 56.1 Å². The van der Waals surface area contributed by atoms with Crippen LogP contribution in [-0.2, 0) is 0 Å². The molecule has 0 bridgehead atoms. The average molecular weight is 567 g/mol. The van der Waals surface area contributed by atoms with E-state index in [0.29, 0.717) is 11.4 Å². The van der Waals surface area contributed by atoms with Gasteiger partial charge in [-0.2, -0.15) is 5.10 Å². The van der Waals surface area contributed by atoms with Crippen LogP contribution in [0.4, 0.5) is 0 Å². The van der Waals surface area contributed by atoms with Crippen LogP contribution in [0.25, 0.3) is 61.8 Å². The summed E-state index contributed by atoms with van der Waals surface area (Å²) in [7, 11) is 0. The highest BCUT2D eigenvalue weighted by atomic mass is 16.5. The Labute approximate surface area is 246 Å². The molecule has 0 saturated carbocycles. The smallest absolute Gasteiger partial charge is 0.439 e. The molecule has 7 rings (SSSR count). The van der Waals surface area contributed by atoms with Gasteiger partial charge in [0.15, 0.2) is 5.82 Å². The van der Waals surface area contributed by atoms with Crippen molar-refractivity contribution in [2.45, 2.75) is 20.0 Å². The maximum absolute atomic E-state index is 11.6. The molecule has 3 aromatic heterocycles. The molecule has 0 radical (unpaired) electrons. The number of nitrogens with one attached hydrogen (secondary N) is 1. The third-order valence-electron chi connectivity index (χ3n) is 7.02. The highest BCUT2D eigenvalue weighted by Crippen LogP contribution is 2.32. The van der Waals surface area contributed by atoms with Crippen LogP contribution in [0.5, 0.6) is 5.75 Å². The van der Waals surface area contributed by atoms with Gasteiger partial charge in [0.05, 0.1) is 34.2 Å². The van der Waals surface area contributed by atoms with E-state index in [1.54, 1.807) is 12.4 Å². The Morgan fingerprint density at radius 3 is 2.16 bits per heavy atom. The second kappa shape index (κ2) is 10.9. The second-order valence-electron chi connectivity index (χ2n) is 10.3. The Morgan fingerprint density at radius 1 is 0.744 bits per heavy atom. The summed E-state index contributed by atoms with van der Waals surface area (Å²) in [5.74, 6) is 0.594. The van der Waals surface area contributed by atoms with Crippen molar-refractivity contribution in [1.29, 1.82) is 0 Å². The first-order valence-corrected chi connectivity index (χ1v) is 13.9. The Bertz CT molecular complexity index is 2110. The standard InChI is InChI=1S/C34H26N6O3/c1-21(2)42-28-13-10-23(11-14-28)22-6-8-24(9-7-22)30-20-32(25-12-15-29-31(19-25)36-17-16-35-29)40(38-30)27-5-3-4-26(18-27)33-37-34(41)43-39-33/h3-21H,1-2H3,(H,37,39,41). The van der Waals surface area contributed by atoms with Crippen LogP contribution in [-0.4, -0.2) is 36.0 Å². The normalized spacial score (nSPS) is 11.3. The number of hydrogen-bond donors (Lipinski definition) is 1. The molecule has 0 amide bonds. The molecule has 210 valence electrons.